The zero-order valence-corrected chi connectivity index (χ0v) is 27.6. The summed E-state index contributed by atoms with van der Waals surface area (Å²) in [5.41, 5.74) is 0.230. The third kappa shape index (κ3) is 6.40. The molecule has 12 nitrogen and oxygen atoms in total. The normalized spacial score (nSPS) is 23.9. The van der Waals surface area contributed by atoms with Crippen molar-refractivity contribution >= 4 is 50.1 Å². The number of likely N-dealkylation sites (tertiary alicyclic amines) is 1. The van der Waals surface area contributed by atoms with Crippen LogP contribution in [0.25, 0.3) is 21.6 Å². The number of para-hydroxylation sites is 2. The minimum absolute atomic E-state index is 0.0527. The number of nitrogens with zero attached hydrogens (tertiary/aromatic N) is 3. The van der Waals surface area contributed by atoms with E-state index in [2.05, 4.69) is 16.6 Å². The molecule has 0 radical (unpaired) electrons. The molecule has 2 saturated carbocycles. The second kappa shape index (κ2) is 12.6. The predicted octanol–water partition coefficient (Wildman–Crippen LogP) is 3.25. The van der Waals surface area contributed by atoms with Gasteiger partial charge in [-0.2, -0.15) is 0 Å². The molecule has 3 fully saturated rings. The second-order valence-electron chi connectivity index (χ2n) is 12.5. The summed E-state index contributed by atoms with van der Waals surface area (Å²) < 4.78 is 47.3. The topological polar surface area (TPSA) is 168 Å². The minimum Gasteiger partial charge on any atom is -0.471 e. The lowest BCUT2D eigenvalue weighted by atomic mass is 10.1. The number of benzene rings is 2. The summed E-state index contributed by atoms with van der Waals surface area (Å²) in [5, 5.41) is 15.0. The van der Waals surface area contributed by atoms with E-state index in [1.807, 2.05) is 35.7 Å². The molecule has 2 aromatic heterocycles. The molecular formula is C34H32FN5O7S2. The molecule has 3 amide bonds. The van der Waals surface area contributed by atoms with E-state index in [4.69, 9.17) is 14.7 Å². The van der Waals surface area contributed by atoms with Gasteiger partial charge >= 0.3 is 0 Å². The number of thiophene rings is 1. The number of sulfonamides is 1. The first kappa shape index (κ1) is 32.8. The smallest absolute Gasteiger partial charge is 0.259 e. The molecule has 7 rings (SSSR count). The second-order valence-corrected chi connectivity index (χ2v) is 15.4. The maximum Gasteiger partial charge on any atom is 0.259 e. The van der Waals surface area contributed by atoms with E-state index in [-0.39, 0.29) is 30.8 Å². The number of carbonyl (C=O) groups excluding carboxylic acids is 3. The van der Waals surface area contributed by atoms with Gasteiger partial charge in [-0.05, 0) is 60.5 Å². The van der Waals surface area contributed by atoms with Crippen molar-refractivity contribution in [3.8, 4) is 16.5 Å². The number of ether oxygens (including phenoxy) is 1. The van der Waals surface area contributed by atoms with Gasteiger partial charge in [0.15, 0.2) is 6.10 Å². The number of aliphatic hydroxyl groups excluding tert-OH is 1. The standard InChI is InChI=1S/C34H32FN5O7S2/c1-2-20-17-34(20,33(44)39-49(45,46)23-13-14-23)38-30(42)26-16-22(18-40(26)32(43)29(41)19-9-11-21(35)12-10-19)47-31-28(27-8-5-15-48-27)36-24-6-3-4-7-25(24)37-31/h2-12,15,20,22-23,26,29,41H,1,13-14,16-18H2,(H,38,42)(H,39,44)/t20-,22-,26+,29?,34-/m1/s1. The van der Waals surface area contributed by atoms with Gasteiger partial charge in [0.1, 0.15) is 29.2 Å². The number of aromatic nitrogens is 2. The van der Waals surface area contributed by atoms with Crippen LogP contribution in [0.15, 0.2) is 78.7 Å². The van der Waals surface area contributed by atoms with Crippen molar-refractivity contribution in [1.82, 2.24) is 24.9 Å². The maximum absolute atomic E-state index is 14.0. The largest absolute Gasteiger partial charge is 0.471 e. The lowest BCUT2D eigenvalue weighted by Crippen LogP contribution is -2.56. The number of fused-ring (bicyclic) bond motifs is 1. The Hall–Kier alpha value is -4.73. The minimum atomic E-state index is -3.91. The van der Waals surface area contributed by atoms with Crippen molar-refractivity contribution in [3.63, 3.8) is 0 Å². The highest BCUT2D eigenvalue weighted by Gasteiger charge is 2.62. The van der Waals surface area contributed by atoms with Crippen LogP contribution in [-0.4, -0.2) is 75.6 Å². The van der Waals surface area contributed by atoms with E-state index in [0.717, 1.165) is 21.9 Å². The van der Waals surface area contributed by atoms with Crippen LogP contribution in [-0.2, 0) is 24.4 Å². The Balaban J connectivity index is 1.18. The average molecular weight is 706 g/mol. The molecule has 1 unspecified atom stereocenters. The van der Waals surface area contributed by atoms with Gasteiger partial charge in [0.25, 0.3) is 11.8 Å². The number of amides is 3. The van der Waals surface area contributed by atoms with Crippen LogP contribution in [0.3, 0.4) is 0 Å². The monoisotopic (exact) mass is 705 g/mol. The summed E-state index contributed by atoms with van der Waals surface area (Å²) >= 11 is 1.44. The van der Waals surface area contributed by atoms with Crippen molar-refractivity contribution < 1.29 is 37.0 Å². The molecule has 15 heteroatoms. The van der Waals surface area contributed by atoms with Crippen molar-refractivity contribution in [1.29, 1.82) is 0 Å². The van der Waals surface area contributed by atoms with E-state index < -0.39 is 68.5 Å². The van der Waals surface area contributed by atoms with E-state index in [0.29, 0.717) is 29.6 Å². The summed E-state index contributed by atoms with van der Waals surface area (Å²) in [5.74, 6) is -3.37. The van der Waals surface area contributed by atoms with E-state index in [1.54, 1.807) is 6.07 Å². The highest BCUT2D eigenvalue weighted by molar-refractivity contribution is 7.91. The molecule has 254 valence electrons. The fourth-order valence-electron chi connectivity index (χ4n) is 6.14. The molecule has 0 spiro atoms. The molecule has 0 bridgehead atoms. The molecule has 4 aromatic rings. The Morgan fingerprint density at radius 2 is 1.80 bits per heavy atom. The third-order valence-electron chi connectivity index (χ3n) is 9.09. The number of carbonyl (C=O) groups is 3. The molecule has 49 heavy (non-hydrogen) atoms. The first-order chi connectivity index (χ1) is 23.5. The molecule has 5 atom stereocenters. The molecule has 3 N–H and O–H groups in total. The molecule has 2 aromatic carbocycles. The molecular weight excluding hydrogens is 674 g/mol. The summed E-state index contributed by atoms with van der Waals surface area (Å²) in [6, 6.07) is 14.5. The van der Waals surface area contributed by atoms with E-state index in [1.165, 1.54) is 29.5 Å². The van der Waals surface area contributed by atoms with Crippen LogP contribution in [0.5, 0.6) is 5.88 Å². The number of hydrogen-bond donors (Lipinski definition) is 3. The van der Waals surface area contributed by atoms with Crippen LogP contribution >= 0.6 is 11.3 Å². The Morgan fingerprint density at radius 3 is 2.43 bits per heavy atom. The number of aliphatic hydroxyl groups is 1. The molecule has 1 saturated heterocycles. The number of hydrogen-bond acceptors (Lipinski definition) is 10. The van der Waals surface area contributed by atoms with Crippen LogP contribution in [0.2, 0.25) is 0 Å². The van der Waals surface area contributed by atoms with Crippen LogP contribution < -0.4 is 14.8 Å². The Bertz CT molecular complexity index is 2060. The SMILES string of the molecule is C=C[C@@H]1C[C@]1(NC(=O)[C@@H]1C[C@@H](Oc2nc3ccccc3nc2-c2cccs2)CN1C(=O)C(O)c1ccc(F)cc1)C(=O)NS(=O)(=O)C1CC1. The Labute approximate surface area is 285 Å². The van der Waals surface area contributed by atoms with Gasteiger partial charge in [0.2, 0.25) is 21.8 Å². The summed E-state index contributed by atoms with van der Waals surface area (Å²) in [7, 11) is -3.91. The summed E-state index contributed by atoms with van der Waals surface area (Å²) in [6.07, 6.45) is -0.120. The molecule has 1 aliphatic heterocycles. The average Bonchev–Trinajstić information content (AvgIpc) is 3.96. The van der Waals surface area contributed by atoms with Gasteiger partial charge in [-0.3, -0.25) is 19.1 Å². The first-order valence-electron chi connectivity index (χ1n) is 15.7. The van der Waals surface area contributed by atoms with Gasteiger partial charge < -0.3 is 20.1 Å². The van der Waals surface area contributed by atoms with Crippen molar-refractivity contribution in [2.45, 2.75) is 54.7 Å². The predicted molar refractivity (Wildman–Crippen MR) is 178 cm³/mol. The lowest BCUT2D eigenvalue weighted by Gasteiger charge is -2.28. The van der Waals surface area contributed by atoms with Gasteiger partial charge in [-0.15, -0.1) is 17.9 Å². The highest BCUT2D eigenvalue weighted by Crippen LogP contribution is 2.45. The van der Waals surface area contributed by atoms with Crippen LogP contribution in [0.1, 0.15) is 37.4 Å². The quantitative estimate of drug-likeness (QED) is 0.199. The van der Waals surface area contributed by atoms with Crippen LogP contribution in [0.4, 0.5) is 4.39 Å². The number of rotatable bonds is 11. The highest BCUT2D eigenvalue weighted by atomic mass is 32.2. The van der Waals surface area contributed by atoms with Crippen molar-refractivity contribution in [2.75, 3.05) is 6.54 Å². The van der Waals surface area contributed by atoms with Gasteiger partial charge in [0, 0.05) is 12.3 Å². The lowest BCUT2D eigenvalue weighted by molar-refractivity contribution is -0.146. The zero-order chi connectivity index (χ0) is 34.5. The maximum atomic E-state index is 14.0. The van der Waals surface area contributed by atoms with E-state index in [9.17, 15) is 32.3 Å². The van der Waals surface area contributed by atoms with Gasteiger partial charge in [-0.25, -0.2) is 22.8 Å². The number of nitrogens with one attached hydrogen (secondary N) is 2. The van der Waals surface area contributed by atoms with Crippen LogP contribution in [0, 0.1) is 11.7 Å². The van der Waals surface area contributed by atoms with Gasteiger partial charge in [0.05, 0.1) is 27.7 Å². The summed E-state index contributed by atoms with van der Waals surface area (Å²) in [4.78, 5) is 52.6. The summed E-state index contributed by atoms with van der Waals surface area (Å²) in [6.45, 7) is 3.58. The Morgan fingerprint density at radius 1 is 1.08 bits per heavy atom. The molecule has 3 aliphatic rings. The molecule has 3 heterocycles. The fraction of sp³-hybridized carbons (Fsp3) is 0.324. The van der Waals surface area contributed by atoms with Gasteiger partial charge in [-0.1, -0.05) is 36.4 Å². The van der Waals surface area contributed by atoms with E-state index >= 15 is 0 Å². The Kier molecular flexibility index (Phi) is 8.45. The zero-order valence-electron chi connectivity index (χ0n) is 26.0. The molecule has 2 aliphatic carbocycles. The number of halogens is 1. The fourth-order valence-corrected chi connectivity index (χ4v) is 8.21. The first-order valence-corrected chi connectivity index (χ1v) is 18.1. The van der Waals surface area contributed by atoms with Crippen molar-refractivity contribution in [3.05, 3.63) is 90.1 Å². The van der Waals surface area contributed by atoms with Crippen molar-refractivity contribution in [2.24, 2.45) is 5.92 Å². The third-order valence-corrected chi connectivity index (χ3v) is 11.8.